The summed E-state index contributed by atoms with van der Waals surface area (Å²) in [5.41, 5.74) is 6.65. The van der Waals surface area contributed by atoms with Gasteiger partial charge in [-0.15, -0.1) is 0 Å². The highest BCUT2D eigenvalue weighted by molar-refractivity contribution is 5.80. The number of rotatable bonds is 4. The molecule has 0 unspecified atom stereocenters. The van der Waals surface area contributed by atoms with Crippen molar-refractivity contribution in [1.29, 1.82) is 0 Å². The zero-order chi connectivity index (χ0) is 10.4. The summed E-state index contributed by atoms with van der Waals surface area (Å²) in [6, 6.07) is 7.85. The predicted molar refractivity (Wildman–Crippen MR) is 57.1 cm³/mol. The van der Waals surface area contributed by atoms with Gasteiger partial charge in [-0.1, -0.05) is 12.1 Å². The molecule has 0 fully saturated rings. The number of ether oxygens (including phenoxy) is 1. The Morgan fingerprint density at radius 3 is 2.93 bits per heavy atom. The largest absolute Gasteiger partial charge is 0.497 e. The molecule has 76 valence electrons. The van der Waals surface area contributed by atoms with Crippen molar-refractivity contribution in [3.63, 3.8) is 0 Å². The molecule has 4 heteroatoms. The summed E-state index contributed by atoms with van der Waals surface area (Å²) in [5, 5.41) is 3.41. The van der Waals surface area contributed by atoms with Crippen molar-refractivity contribution in [3.05, 3.63) is 29.8 Å². The number of hydrogen-bond donors (Lipinski definition) is 2. The lowest BCUT2D eigenvalue weighted by atomic mass is 10.1. The van der Waals surface area contributed by atoms with Crippen LogP contribution in [0.2, 0.25) is 0 Å². The van der Waals surface area contributed by atoms with Crippen LogP contribution in [0.4, 0.5) is 0 Å². The SMILES string of the molecule is COc1cccc(CC/C(N)=N/N)c1. The van der Waals surface area contributed by atoms with Crippen molar-refractivity contribution < 1.29 is 4.74 Å². The van der Waals surface area contributed by atoms with Gasteiger partial charge in [0.2, 0.25) is 0 Å². The van der Waals surface area contributed by atoms with Crippen molar-refractivity contribution in [3.8, 4) is 5.75 Å². The topological polar surface area (TPSA) is 73.6 Å². The van der Waals surface area contributed by atoms with E-state index in [0.29, 0.717) is 12.3 Å². The summed E-state index contributed by atoms with van der Waals surface area (Å²) in [6.07, 6.45) is 1.49. The fraction of sp³-hybridized carbons (Fsp3) is 0.300. The van der Waals surface area contributed by atoms with Crippen LogP contribution in [-0.2, 0) is 6.42 Å². The second kappa shape index (κ2) is 5.11. The Balaban J connectivity index is 2.58. The number of methoxy groups -OCH3 is 1. The Bertz CT molecular complexity index is 323. The zero-order valence-electron chi connectivity index (χ0n) is 8.23. The number of nitrogens with zero attached hydrogens (tertiary/aromatic N) is 1. The van der Waals surface area contributed by atoms with Crippen LogP contribution in [-0.4, -0.2) is 12.9 Å². The molecular weight excluding hydrogens is 178 g/mol. The van der Waals surface area contributed by atoms with E-state index < -0.39 is 0 Å². The van der Waals surface area contributed by atoms with E-state index in [1.165, 1.54) is 0 Å². The summed E-state index contributed by atoms with van der Waals surface area (Å²) in [4.78, 5) is 0. The second-order valence-corrected chi connectivity index (χ2v) is 2.97. The molecule has 0 atom stereocenters. The van der Waals surface area contributed by atoms with Crippen molar-refractivity contribution in [1.82, 2.24) is 0 Å². The van der Waals surface area contributed by atoms with Gasteiger partial charge < -0.3 is 16.3 Å². The fourth-order valence-electron chi connectivity index (χ4n) is 1.16. The van der Waals surface area contributed by atoms with E-state index in [0.717, 1.165) is 17.7 Å². The van der Waals surface area contributed by atoms with Crippen LogP contribution in [0, 0.1) is 0 Å². The van der Waals surface area contributed by atoms with Crippen LogP contribution in [0.25, 0.3) is 0 Å². The maximum Gasteiger partial charge on any atom is 0.119 e. The van der Waals surface area contributed by atoms with Crippen LogP contribution in [0.1, 0.15) is 12.0 Å². The lowest BCUT2D eigenvalue weighted by Crippen LogP contribution is -2.14. The summed E-state index contributed by atoms with van der Waals surface area (Å²) in [6.45, 7) is 0. The van der Waals surface area contributed by atoms with Crippen molar-refractivity contribution in [2.45, 2.75) is 12.8 Å². The minimum atomic E-state index is 0.466. The first kappa shape index (κ1) is 10.4. The molecular formula is C10H15N3O. The van der Waals surface area contributed by atoms with Crippen LogP contribution >= 0.6 is 0 Å². The van der Waals surface area contributed by atoms with Crippen LogP contribution in [0.15, 0.2) is 29.4 Å². The molecule has 0 aromatic heterocycles. The van der Waals surface area contributed by atoms with E-state index in [9.17, 15) is 0 Å². The molecule has 0 saturated heterocycles. The van der Waals surface area contributed by atoms with E-state index in [4.69, 9.17) is 16.3 Å². The Morgan fingerprint density at radius 1 is 1.50 bits per heavy atom. The zero-order valence-corrected chi connectivity index (χ0v) is 8.23. The van der Waals surface area contributed by atoms with Gasteiger partial charge in [-0.3, -0.25) is 0 Å². The maximum absolute atomic E-state index is 5.49. The first-order valence-corrected chi connectivity index (χ1v) is 4.41. The van der Waals surface area contributed by atoms with E-state index >= 15 is 0 Å². The van der Waals surface area contributed by atoms with Gasteiger partial charge in [0.15, 0.2) is 0 Å². The number of aryl methyl sites for hydroxylation is 1. The third-order valence-corrected chi connectivity index (χ3v) is 1.97. The Morgan fingerprint density at radius 2 is 2.29 bits per heavy atom. The molecule has 0 amide bonds. The first-order chi connectivity index (χ1) is 6.76. The molecule has 0 radical (unpaired) electrons. The summed E-state index contributed by atoms with van der Waals surface area (Å²) >= 11 is 0. The van der Waals surface area contributed by atoms with Gasteiger partial charge in [-0.2, -0.15) is 5.10 Å². The minimum absolute atomic E-state index is 0.466. The second-order valence-electron chi connectivity index (χ2n) is 2.97. The van der Waals surface area contributed by atoms with E-state index in [1.807, 2.05) is 24.3 Å². The normalized spacial score (nSPS) is 11.4. The van der Waals surface area contributed by atoms with Crippen molar-refractivity contribution in [2.75, 3.05) is 7.11 Å². The number of amidine groups is 1. The minimum Gasteiger partial charge on any atom is -0.497 e. The van der Waals surface area contributed by atoms with E-state index in [1.54, 1.807) is 7.11 Å². The number of benzene rings is 1. The average Bonchev–Trinajstić information content (AvgIpc) is 2.26. The van der Waals surface area contributed by atoms with Crippen molar-refractivity contribution in [2.24, 2.45) is 16.7 Å². The summed E-state index contributed by atoms with van der Waals surface area (Å²) in [5.74, 6) is 6.35. The molecule has 1 rings (SSSR count). The van der Waals surface area contributed by atoms with Crippen molar-refractivity contribution >= 4 is 5.84 Å². The van der Waals surface area contributed by atoms with Gasteiger partial charge in [0.25, 0.3) is 0 Å². The third kappa shape index (κ3) is 2.97. The predicted octanol–water partition coefficient (Wildman–Crippen LogP) is 0.859. The molecule has 1 aromatic carbocycles. The molecule has 0 aliphatic carbocycles. The fourth-order valence-corrected chi connectivity index (χ4v) is 1.16. The Labute approximate surface area is 83.5 Å². The molecule has 14 heavy (non-hydrogen) atoms. The first-order valence-electron chi connectivity index (χ1n) is 4.41. The third-order valence-electron chi connectivity index (χ3n) is 1.97. The smallest absolute Gasteiger partial charge is 0.119 e. The number of nitrogens with two attached hydrogens (primary N) is 2. The average molecular weight is 193 g/mol. The molecule has 4 nitrogen and oxygen atoms in total. The Kier molecular flexibility index (Phi) is 3.79. The van der Waals surface area contributed by atoms with E-state index in [2.05, 4.69) is 5.10 Å². The van der Waals surface area contributed by atoms with Gasteiger partial charge in [0, 0.05) is 6.42 Å². The molecule has 1 aromatic rings. The van der Waals surface area contributed by atoms with Gasteiger partial charge in [-0.05, 0) is 24.1 Å². The summed E-state index contributed by atoms with van der Waals surface area (Å²) in [7, 11) is 1.65. The quantitative estimate of drug-likeness (QED) is 0.322. The van der Waals surface area contributed by atoms with Gasteiger partial charge in [-0.25, -0.2) is 0 Å². The number of hydrazone groups is 1. The highest BCUT2D eigenvalue weighted by Crippen LogP contribution is 2.13. The molecule has 0 spiro atoms. The molecule has 0 aliphatic rings. The molecule has 0 heterocycles. The van der Waals surface area contributed by atoms with Crippen LogP contribution in [0.5, 0.6) is 5.75 Å². The lowest BCUT2D eigenvalue weighted by molar-refractivity contribution is 0.414. The monoisotopic (exact) mass is 193 g/mol. The molecule has 4 N–H and O–H groups in total. The Hall–Kier alpha value is -1.71. The molecule has 0 aliphatic heterocycles. The maximum atomic E-state index is 5.49. The number of hydrogen-bond acceptors (Lipinski definition) is 3. The molecule has 0 bridgehead atoms. The van der Waals surface area contributed by atoms with Gasteiger partial charge in [0.1, 0.15) is 11.6 Å². The van der Waals surface area contributed by atoms with Crippen LogP contribution < -0.4 is 16.3 Å². The van der Waals surface area contributed by atoms with E-state index in [-0.39, 0.29) is 0 Å². The van der Waals surface area contributed by atoms with Gasteiger partial charge in [0.05, 0.1) is 7.11 Å². The lowest BCUT2D eigenvalue weighted by Gasteiger charge is -2.03. The highest BCUT2D eigenvalue weighted by Gasteiger charge is 1.97. The highest BCUT2D eigenvalue weighted by atomic mass is 16.5. The van der Waals surface area contributed by atoms with Crippen LogP contribution in [0.3, 0.4) is 0 Å². The molecule has 0 saturated carbocycles. The standard InChI is InChI=1S/C10H15N3O/c1-14-9-4-2-3-8(7-9)5-6-10(11)13-12/h2-4,7H,5-6,12H2,1H3,(H2,11,13). The van der Waals surface area contributed by atoms with Gasteiger partial charge >= 0.3 is 0 Å². The summed E-state index contributed by atoms with van der Waals surface area (Å²) < 4.78 is 5.10.